The predicted octanol–water partition coefficient (Wildman–Crippen LogP) is 2.33. The van der Waals surface area contributed by atoms with Gasteiger partial charge in [0, 0.05) is 11.1 Å². The van der Waals surface area contributed by atoms with E-state index in [1.54, 1.807) is 6.07 Å². The summed E-state index contributed by atoms with van der Waals surface area (Å²) in [6.07, 6.45) is 1.69. The zero-order valence-corrected chi connectivity index (χ0v) is 11.1. The molecule has 1 aliphatic carbocycles. The van der Waals surface area contributed by atoms with Crippen LogP contribution in [0.5, 0.6) is 11.5 Å². The normalized spacial score (nSPS) is 18.2. The molecule has 2 N–H and O–H groups in total. The SMILES string of the molecule is CCOc1cc2c(c(F)c1OCC)C1(CC1)N=C2N. The molecular formula is C14H17FN2O2. The van der Waals surface area contributed by atoms with Crippen molar-refractivity contribution in [2.24, 2.45) is 10.7 Å². The van der Waals surface area contributed by atoms with E-state index in [0.717, 1.165) is 12.8 Å². The molecule has 0 aromatic heterocycles. The van der Waals surface area contributed by atoms with Gasteiger partial charge in [0.2, 0.25) is 0 Å². The Morgan fingerprint density at radius 2 is 2.00 bits per heavy atom. The summed E-state index contributed by atoms with van der Waals surface area (Å²) in [6.45, 7) is 4.50. The van der Waals surface area contributed by atoms with Crippen molar-refractivity contribution in [2.75, 3.05) is 13.2 Å². The van der Waals surface area contributed by atoms with Crippen LogP contribution in [0.3, 0.4) is 0 Å². The Labute approximate surface area is 111 Å². The van der Waals surface area contributed by atoms with Crippen LogP contribution in [0.4, 0.5) is 4.39 Å². The topological polar surface area (TPSA) is 56.8 Å². The van der Waals surface area contributed by atoms with Crippen molar-refractivity contribution in [1.29, 1.82) is 0 Å². The van der Waals surface area contributed by atoms with Crippen molar-refractivity contribution in [2.45, 2.75) is 32.2 Å². The molecule has 0 radical (unpaired) electrons. The lowest BCUT2D eigenvalue weighted by atomic mass is 10.00. The van der Waals surface area contributed by atoms with Crippen LogP contribution in [0.2, 0.25) is 0 Å². The molecule has 2 aliphatic rings. The maximum Gasteiger partial charge on any atom is 0.197 e. The van der Waals surface area contributed by atoms with Gasteiger partial charge in [-0.25, -0.2) is 4.39 Å². The standard InChI is InChI=1S/C14H17FN2O2/c1-3-18-9-7-8-10(11(15)12(9)19-4-2)14(5-6-14)17-13(8)16/h7H,3-6H2,1-2H3,(H2,16,17). The first-order valence-corrected chi connectivity index (χ1v) is 6.61. The molecule has 1 saturated carbocycles. The van der Waals surface area contributed by atoms with Crippen LogP contribution in [0.15, 0.2) is 11.1 Å². The number of hydrogen-bond donors (Lipinski definition) is 1. The van der Waals surface area contributed by atoms with E-state index in [4.69, 9.17) is 15.2 Å². The Hall–Kier alpha value is -1.78. The van der Waals surface area contributed by atoms with Gasteiger partial charge < -0.3 is 15.2 Å². The summed E-state index contributed by atoms with van der Waals surface area (Å²) in [6, 6.07) is 1.75. The summed E-state index contributed by atoms with van der Waals surface area (Å²) in [5, 5.41) is 0. The minimum atomic E-state index is -0.430. The third-order valence-electron chi connectivity index (χ3n) is 3.58. The fourth-order valence-corrected chi connectivity index (χ4v) is 2.63. The molecule has 0 amide bonds. The first kappa shape index (κ1) is 12.3. The van der Waals surface area contributed by atoms with E-state index in [0.29, 0.717) is 35.9 Å². The molecule has 0 bridgehead atoms. The molecule has 1 aliphatic heterocycles. The molecule has 1 aromatic rings. The van der Waals surface area contributed by atoms with E-state index in [-0.39, 0.29) is 11.6 Å². The Balaban J connectivity index is 2.18. The number of rotatable bonds is 4. The number of halogens is 1. The van der Waals surface area contributed by atoms with Crippen molar-refractivity contribution >= 4 is 5.84 Å². The number of amidine groups is 1. The first-order chi connectivity index (χ1) is 9.13. The average Bonchev–Trinajstić information content (AvgIpc) is 3.07. The van der Waals surface area contributed by atoms with Crippen molar-refractivity contribution in [3.8, 4) is 11.5 Å². The van der Waals surface area contributed by atoms with Gasteiger partial charge in [0.15, 0.2) is 17.3 Å². The molecule has 0 unspecified atom stereocenters. The predicted molar refractivity (Wildman–Crippen MR) is 70.4 cm³/mol. The van der Waals surface area contributed by atoms with E-state index in [9.17, 15) is 4.39 Å². The second-order valence-corrected chi connectivity index (χ2v) is 4.84. The highest BCUT2D eigenvalue weighted by molar-refractivity contribution is 6.03. The summed E-state index contributed by atoms with van der Waals surface area (Å²) in [5.41, 5.74) is 6.71. The van der Waals surface area contributed by atoms with Gasteiger partial charge in [0.05, 0.1) is 18.8 Å². The molecule has 1 heterocycles. The van der Waals surface area contributed by atoms with Crippen molar-refractivity contribution in [3.63, 3.8) is 0 Å². The summed E-state index contributed by atoms with van der Waals surface area (Å²) in [7, 11) is 0. The fraction of sp³-hybridized carbons (Fsp3) is 0.500. The number of benzene rings is 1. The molecule has 1 aromatic carbocycles. The second kappa shape index (κ2) is 4.11. The number of nitrogens with zero attached hydrogens (tertiary/aromatic N) is 1. The van der Waals surface area contributed by atoms with Gasteiger partial charge in [-0.2, -0.15) is 0 Å². The van der Waals surface area contributed by atoms with Gasteiger partial charge in [-0.1, -0.05) is 0 Å². The highest BCUT2D eigenvalue weighted by Crippen LogP contribution is 2.56. The van der Waals surface area contributed by atoms with Crippen LogP contribution in [0.25, 0.3) is 0 Å². The molecule has 1 fully saturated rings. The molecule has 19 heavy (non-hydrogen) atoms. The molecular weight excluding hydrogens is 247 g/mol. The molecule has 3 rings (SSSR count). The molecule has 102 valence electrons. The van der Waals surface area contributed by atoms with E-state index in [1.807, 2.05) is 13.8 Å². The van der Waals surface area contributed by atoms with Crippen molar-refractivity contribution in [1.82, 2.24) is 0 Å². The van der Waals surface area contributed by atoms with Crippen molar-refractivity contribution < 1.29 is 13.9 Å². The lowest BCUT2D eigenvalue weighted by molar-refractivity contribution is 0.274. The smallest absolute Gasteiger partial charge is 0.197 e. The van der Waals surface area contributed by atoms with Crippen LogP contribution >= 0.6 is 0 Å². The highest BCUT2D eigenvalue weighted by Gasteiger charge is 2.52. The Kier molecular flexibility index (Phi) is 2.66. The van der Waals surface area contributed by atoms with Crippen LogP contribution in [-0.2, 0) is 5.54 Å². The quantitative estimate of drug-likeness (QED) is 0.908. The van der Waals surface area contributed by atoms with E-state index >= 15 is 0 Å². The largest absolute Gasteiger partial charge is 0.490 e. The van der Waals surface area contributed by atoms with Gasteiger partial charge in [0.25, 0.3) is 0 Å². The Morgan fingerprint density at radius 1 is 1.32 bits per heavy atom. The molecule has 4 nitrogen and oxygen atoms in total. The summed E-state index contributed by atoms with van der Waals surface area (Å²) in [5.74, 6) is 0.607. The van der Waals surface area contributed by atoms with Crippen LogP contribution < -0.4 is 15.2 Å². The molecule has 5 heteroatoms. The monoisotopic (exact) mass is 264 g/mol. The lowest BCUT2D eigenvalue weighted by Gasteiger charge is -2.16. The summed E-state index contributed by atoms with van der Waals surface area (Å²) < 4.78 is 25.6. The number of fused-ring (bicyclic) bond motifs is 2. The maximum absolute atomic E-state index is 14.7. The van der Waals surface area contributed by atoms with Gasteiger partial charge in [-0.05, 0) is 32.8 Å². The molecule has 1 spiro atoms. The minimum Gasteiger partial charge on any atom is -0.490 e. The third kappa shape index (κ3) is 1.68. The Bertz CT molecular complexity index is 565. The first-order valence-electron chi connectivity index (χ1n) is 6.61. The van der Waals surface area contributed by atoms with Gasteiger partial charge >= 0.3 is 0 Å². The van der Waals surface area contributed by atoms with Gasteiger partial charge in [0.1, 0.15) is 5.84 Å². The number of hydrogen-bond acceptors (Lipinski definition) is 4. The van der Waals surface area contributed by atoms with Crippen LogP contribution in [-0.4, -0.2) is 19.0 Å². The third-order valence-corrected chi connectivity index (χ3v) is 3.58. The lowest BCUT2D eigenvalue weighted by Crippen LogP contribution is -2.13. The maximum atomic E-state index is 14.7. The van der Waals surface area contributed by atoms with E-state index in [1.165, 1.54) is 0 Å². The number of ether oxygens (including phenoxy) is 2. The molecule has 0 saturated heterocycles. The van der Waals surface area contributed by atoms with E-state index in [2.05, 4.69) is 4.99 Å². The van der Waals surface area contributed by atoms with Crippen LogP contribution in [0.1, 0.15) is 37.8 Å². The van der Waals surface area contributed by atoms with Crippen LogP contribution in [0, 0.1) is 5.82 Å². The van der Waals surface area contributed by atoms with Gasteiger partial charge in [-0.15, -0.1) is 0 Å². The molecule has 0 atom stereocenters. The minimum absolute atomic E-state index is 0.180. The number of nitrogens with two attached hydrogens (primary N) is 1. The van der Waals surface area contributed by atoms with Gasteiger partial charge in [-0.3, -0.25) is 4.99 Å². The average molecular weight is 264 g/mol. The highest BCUT2D eigenvalue weighted by atomic mass is 19.1. The Morgan fingerprint density at radius 3 is 2.58 bits per heavy atom. The summed E-state index contributed by atoms with van der Waals surface area (Å²) >= 11 is 0. The zero-order valence-electron chi connectivity index (χ0n) is 11.1. The zero-order chi connectivity index (χ0) is 13.6. The number of aliphatic imine (C=N–C) groups is 1. The summed E-state index contributed by atoms with van der Waals surface area (Å²) in [4.78, 5) is 4.41. The van der Waals surface area contributed by atoms with Crippen molar-refractivity contribution in [3.05, 3.63) is 23.0 Å². The van der Waals surface area contributed by atoms with E-state index < -0.39 is 5.54 Å². The second-order valence-electron chi connectivity index (χ2n) is 4.84. The fourth-order valence-electron chi connectivity index (χ4n) is 2.63.